The summed E-state index contributed by atoms with van der Waals surface area (Å²) >= 11 is 0. The van der Waals surface area contributed by atoms with Crippen molar-refractivity contribution in [3.63, 3.8) is 0 Å². The van der Waals surface area contributed by atoms with E-state index in [1.54, 1.807) is 25.1 Å². The minimum absolute atomic E-state index is 0.139. The maximum absolute atomic E-state index is 13.8. The second-order valence-electron chi connectivity index (χ2n) is 4.35. The lowest BCUT2D eigenvalue weighted by atomic mass is 10.0. The average Bonchev–Trinajstić information content (AvgIpc) is 2.40. The first kappa shape index (κ1) is 12.5. The van der Waals surface area contributed by atoms with Crippen LogP contribution >= 0.6 is 0 Å². The van der Waals surface area contributed by atoms with Gasteiger partial charge in [-0.3, -0.25) is 4.79 Å². The molecule has 92 valence electrons. The Bertz CT molecular complexity index is 546. The van der Waals surface area contributed by atoms with Crippen molar-refractivity contribution in [2.75, 3.05) is 0 Å². The zero-order valence-electron chi connectivity index (χ0n) is 10.3. The van der Waals surface area contributed by atoms with Crippen LogP contribution < -0.4 is 0 Å². The van der Waals surface area contributed by atoms with Crippen LogP contribution in [0.15, 0.2) is 48.5 Å². The zero-order chi connectivity index (χ0) is 13.0. The number of aryl methyl sites for hydroxylation is 2. The number of carbonyl (C=O) groups is 1. The summed E-state index contributed by atoms with van der Waals surface area (Å²) in [4.78, 5) is 12.0. The lowest BCUT2D eigenvalue weighted by Crippen LogP contribution is -2.05. The highest BCUT2D eigenvalue weighted by Gasteiger charge is 2.12. The van der Waals surface area contributed by atoms with Gasteiger partial charge in [0.15, 0.2) is 5.78 Å². The summed E-state index contributed by atoms with van der Waals surface area (Å²) < 4.78 is 13.8. The van der Waals surface area contributed by atoms with Crippen LogP contribution in [-0.2, 0) is 6.42 Å². The van der Waals surface area contributed by atoms with Crippen LogP contribution in [0.2, 0.25) is 0 Å². The molecule has 2 aromatic rings. The van der Waals surface area contributed by atoms with Gasteiger partial charge in [0, 0.05) is 6.42 Å². The molecule has 0 saturated heterocycles. The van der Waals surface area contributed by atoms with Crippen molar-refractivity contribution < 1.29 is 9.18 Å². The Balaban J connectivity index is 2.07. The Morgan fingerprint density at radius 2 is 1.78 bits per heavy atom. The highest BCUT2D eigenvalue weighted by molar-refractivity contribution is 5.96. The number of ketones is 1. The van der Waals surface area contributed by atoms with Crippen molar-refractivity contribution in [3.8, 4) is 0 Å². The monoisotopic (exact) mass is 242 g/mol. The van der Waals surface area contributed by atoms with E-state index in [1.165, 1.54) is 0 Å². The first-order chi connectivity index (χ1) is 8.68. The van der Waals surface area contributed by atoms with E-state index in [0.29, 0.717) is 18.4 Å². The number of benzene rings is 2. The summed E-state index contributed by atoms with van der Waals surface area (Å²) in [6.07, 6.45) is 0.984. The largest absolute Gasteiger partial charge is 0.294 e. The van der Waals surface area contributed by atoms with Gasteiger partial charge in [0.2, 0.25) is 0 Å². The highest BCUT2D eigenvalue weighted by atomic mass is 19.1. The van der Waals surface area contributed by atoms with Crippen LogP contribution in [0.4, 0.5) is 4.39 Å². The lowest BCUT2D eigenvalue weighted by molar-refractivity contribution is 0.0979. The molecule has 0 radical (unpaired) electrons. The van der Waals surface area contributed by atoms with Crippen molar-refractivity contribution in [1.82, 2.24) is 0 Å². The number of halogens is 1. The minimum Gasteiger partial charge on any atom is -0.294 e. The van der Waals surface area contributed by atoms with E-state index >= 15 is 0 Å². The Kier molecular flexibility index (Phi) is 3.88. The van der Waals surface area contributed by atoms with E-state index in [1.807, 2.05) is 30.3 Å². The molecule has 0 aliphatic rings. The Labute approximate surface area is 106 Å². The maximum Gasteiger partial charge on any atom is 0.166 e. The third-order valence-electron chi connectivity index (χ3n) is 2.98. The van der Waals surface area contributed by atoms with Crippen LogP contribution in [0, 0.1) is 12.7 Å². The van der Waals surface area contributed by atoms with Gasteiger partial charge in [-0.25, -0.2) is 4.39 Å². The van der Waals surface area contributed by atoms with Gasteiger partial charge in [-0.05, 0) is 30.5 Å². The molecule has 0 aliphatic carbocycles. The van der Waals surface area contributed by atoms with Crippen LogP contribution in [0.3, 0.4) is 0 Å². The standard InChI is InChI=1S/C16H15FO/c1-12-6-5-9-14(16(12)17)15(18)11-10-13-7-3-2-4-8-13/h2-9H,10-11H2,1H3. The molecular formula is C16H15FO. The smallest absolute Gasteiger partial charge is 0.166 e. The third-order valence-corrected chi connectivity index (χ3v) is 2.98. The normalized spacial score (nSPS) is 10.3. The van der Waals surface area contributed by atoms with E-state index in [2.05, 4.69) is 0 Å². The van der Waals surface area contributed by atoms with Gasteiger partial charge < -0.3 is 0 Å². The molecule has 0 unspecified atom stereocenters. The van der Waals surface area contributed by atoms with Gasteiger partial charge in [-0.2, -0.15) is 0 Å². The minimum atomic E-state index is -0.393. The average molecular weight is 242 g/mol. The molecular weight excluding hydrogens is 227 g/mol. The molecule has 0 bridgehead atoms. The van der Waals surface area contributed by atoms with Gasteiger partial charge in [-0.15, -0.1) is 0 Å². The van der Waals surface area contributed by atoms with Gasteiger partial charge >= 0.3 is 0 Å². The second kappa shape index (κ2) is 5.58. The van der Waals surface area contributed by atoms with Crippen LogP contribution in [0.25, 0.3) is 0 Å². The predicted molar refractivity (Wildman–Crippen MR) is 70.2 cm³/mol. The van der Waals surface area contributed by atoms with Crippen LogP contribution in [-0.4, -0.2) is 5.78 Å². The molecule has 0 fully saturated rings. The Morgan fingerprint density at radius 1 is 1.06 bits per heavy atom. The van der Waals surface area contributed by atoms with Gasteiger partial charge in [0.05, 0.1) is 5.56 Å². The molecule has 2 heteroatoms. The molecule has 0 aliphatic heterocycles. The molecule has 0 amide bonds. The van der Waals surface area contributed by atoms with Crippen molar-refractivity contribution in [2.45, 2.75) is 19.8 Å². The van der Waals surface area contributed by atoms with Gasteiger partial charge in [0.25, 0.3) is 0 Å². The SMILES string of the molecule is Cc1cccc(C(=O)CCc2ccccc2)c1F. The van der Waals surface area contributed by atoms with E-state index in [0.717, 1.165) is 5.56 Å². The molecule has 0 atom stereocenters. The van der Waals surface area contributed by atoms with Crippen molar-refractivity contribution in [3.05, 3.63) is 71.0 Å². The number of rotatable bonds is 4. The molecule has 0 N–H and O–H groups in total. The molecule has 0 heterocycles. The van der Waals surface area contributed by atoms with E-state index < -0.39 is 5.82 Å². The van der Waals surface area contributed by atoms with E-state index in [4.69, 9.17) is 0 Å². The molecule has 0 saturated carbocycles. The summed E-state index contributed by atoms with van der Waals surface area (Å²) in [5.74, 6) is -0.532. The number of hydrogen-bond donors (Lipinski definition) is 0. The first-order valence-corrected chi connectivity index (χ1v) is 6.00. The van der Waals surface area contributed by atoms with Crippen LogP contribution in [0.1, 0.15) is 27.9 Å². The van der Waals surface area contributed by atoms with Crippen molar-refractivity contribution >= 4 is 5.78 Å². The van der Waals surface area contributed by atoms with Crippen LogP contribution in [0.5, 0.6) is 0 Å². The maximum atomic E-state index is 13.8. The Morgan fingerprint density at radius 3 is 2.50 bits per heavy atom. The number of Topliss-reactive ketones (excluding diaryl/α,β-unsaturated/α-hetero) is 1. The molecule has 1 nitrogen and oxygen atoms in total. The summed E-state index contributed by atoms with van der Waals surface area (Å²) in [7, 11) is 0. The Hall–Kier alpha value is -1.96. The molecule has 2 rings (SSSR count). The number of carbonyl (C=O) groups excluding carboxylic acids is 1. The fraction of sp³-hybridized carbons (Fsp3) is 0.188. The second-order valence-corrected chi connectivity index (χ2v) is 4.35. The predicted octanol–water partition coefficient (Wildman–Crippen LogP) is 3.95. The topological polar surface area (TPSA) is 17.1 Å². The fourth-order valence-electron chi connectivity index (χ4n) is 1.90. The summed E-state index contributed by atoms with van der Waals surface area (Å²) in [6, 6.07) is 14.7. The zero-order valence-corrected chi connectivity index (χ0v) is 10.3. The van der Waals surface area contributed by atoms with Gasteiger partial charge in [-0.1, -0.05) is 42.5 Å². The van der Waals surface area contributed by atoms with E-state index in [-0.39, 0.29) is 11.3 Å². The molecule has 0 spiro atoms. The summed E-state index contributed by atoms with van der Waals surface area (Å²) in [5.41, 5.74) is 1.81. The highest BCUT2D eigenvalue weighted by Crippen LogP contribution is 2.15. The number of hydrogen-bond acceptors (Lipinski definition) is 1. The molecule has 0 aromatic heterocycles. The molecule has 2 aromatic carbocycles. The molecule has 18 heavy (non-hydrogen) atoms. The summed E-state index contributed by atoms with van der Waals surface area (Å²) in [5, 5.41) is 0. The first-order valence-electron chi connectivity index (χ1n) is 6.00. The van der Waals surface area contributed by atoms with Crippen molar-refractivity contribution in [2.24, 2.45) is 0 Å². The van der Waals surface area contributed by atoms with Gasteiger partial charge in [0.1, 0.15) is 5.82 Å². The quantitative estimate of drug-likeness (QED) is 0.742. The lowest BCUT2D eigenvalue weighted by Gasteiger charge is -2.05. The van der Waals surface area contributed by atoms with E-state index in [9.17, 15) is 9.18 Å². The summed E-state index contributed by atoms with van der Waals surface area (Å²) in [6.45, 7) is 1.67. The van der Waals surface area contributed by atoms with Crippen molar-refractivity contribution in [1.29, 1.82) is 0 Å². The fourth-order valence-corrected chi connectivity index (χ4v) is 1.90. The third kappa shape index (κ3) is 2.83.